The smallest absolute Gasteiger partial charge is 0.261 e. The molecule has 0 heterocycles. The van der Waals surface area contributed by atoms with Crippen LogP contribution in [0.3, 0.4) is 0 Å². The molecule has 0 aliphatic heterocycles. The molecular weight excluding hydrogens is 388 g/mol. The Labute approximate surface area is 178 Å². The summed E-state index contributed by atoms with van der Waals surface area (Å²) in [4.78, 5) is 27.0. The molecule has 156 valence electrons. The maximum atomic E-state index is 13.0. The van der Waals surface area contributed by atoms with Crippen molar-refractivity contribution in [3.8, 4) is 5.75 Å². The van der Waals surface area contributed by atoms with Crippen LogP contribution in [-0.2, 0) is 16.1 Å². The number of benzene rings is 2. The van der Waals surface area contributed by atoms with Crippen molar-refractivity contribution in [3.63, 3.8) is 0 Å². The van der Waals surface area contributed by atoms with Crippen molar-refractivity contribution < 1.29 is 14.3 Å². The monoisotopic (exact) mass is 416 g/mol. The molecule has 0 unspecified atom stereocenters. The van der Waals surface area contributed by atoms with E-state index < -0.39 is 6.04 Å². The molecule has 2 amide bonds. The molecule has 0 radical (unpaired) electrons. The molecule has 0 aliphatic carbocycles. The summed E-state index contributed by atoms with van der Waals surface area (Å²) >= 11 is 6.04. The first-order chi connectivity index (χ1) is 13.8. The lowest BCUT2D eigenvalue weighted by atomic mass is 10.1. The van der Waals surface area contributed by atoms with Gasteiger partial charge in [0.15, 0.2) is 6.61 Å². The predicted molar refractivity (Wildman–Crippen MR) is 116 cm³/mol. The molecule has 2 aromatic carbocycles. The van der Waals surface area contributed by atoms with E-state index in [-0.39, 0.29) is 18.4 Å². The minimum Gasteiger partial charge on any atom is -0.484 e. The Kier molecular flexibility index (Phi) is 8.52. The van der Waals surface area contributed by atoms with Crippen LogP contribution in [0.4, 0.5) is 0 Å². The largest absolute Gasteiger partial charge is 0.484 e. The highest BCUT2D eigenvalue weighted by molar-refractivity contribution is 6.31. The van der Waals surface area contributed by atoms with Gasteiger partial charge in [-0.25, -0.2) is 0 Å². The summed E-state index contributed by atoms with van der Waals surface area (Å²) in [6, 6.07) is 12.6. The van der Waals surface area contributed by atoms with Gasteiger partial charge in [-0.2, -0.15) is 0 Å². The Morgan fingerprint density at radius 2 is 1.93 bits per heavy atom. The minimum atomic E-state index is -0.606. The number of carbonyl (C=O) groups is 2. The van der Waals surface area contributed by atoms with Crippen LogP contribution in [0.1, 0.15) is 37.0 Å². The summed E-state index contributed by atoms with van der Waals surface area (Å²) in [7, 11) is 0. The zero-order valence-electron chi connectivity index (χ0n) is 17.5. The van der Waals surface area contributed by atoms with E-state index in [2.05, 4.69) is 5.32 Å². The van der Waals surface area contributed by atoms with E-state index in [0.29, 0.717) is 23.9 Å². The SMILES string of the molecule is CCCNC(=O)[C@H](C)N(Cc1cccc(C)c1)C(=O)COc1ccc(Cl)c(C)c1. The van der Waals surface area contributed by atoms with Crippen molar-refractivity contribution in [2.45, 2.75) is 46.7 Å². The highest BCUT2D eigenvalue weighted by Crippen LogP contribution is 2.21. The van der Waals surface area contributed by atoms with E-state index in [1.807, 2.05) is 45.0 Å². The summed E-state index contributed by atoms with van der Waals surface area (Å²) < 4.78 is 5.68. The Morgan fingerprint density at radius 1 is 1.17 bits per heavy atom. The summed E-state index contributed by atoms with van der Waals surface area (Å²) in [6.45, 7) is 8.37. The van der Waals surface area contributed by atoms with Crippen LogP contribution in [0.25, 0.3) is 0 Å². The van der Waals surface area contributed by atoms with Crippen LogP contribution in [0, 0.1) is 13.8 Å². The third-order valence-electron chi connectivity index (χ3n) is 4.64. The zero-order valence-corrected chi connectivity index (χ0v) is 18.3. The highest BCUT2D eigenvalue weighted by Gasteiger charge is 2.26. The molecule has 29 heavy (non-hydrogen) atoms. The first kappa shape index (κ1) is 22.8. The molecule has 0 fully saturated rings. The van der Waals surface area contributed by atoms with E-state index in [4.69, 9.17) is 16.3 Å². The van der Waals surface area contributed by atoms with E-state index >= 15 is 0 Å². The molecule has 0 bridgehead atoms. The van der Waals surface area contributed by atoms with Gasteiger partial charge < -0.3 is 15.0 Å². The average Bonchev–Trinajstić information content (AvgIpc) is 2.70. The molecule has 1 atom stereocenters. The summed E-state index contributed by atoms with van der Waals surface area (Å²) in [5, 5.41) is 3.51. The number of ether oxygens (including phenoxy) is 1. The van der Waals surface area contributed by atoms with Gasteiger partial charge in [-0.05, 0) is 56.5 Å². The van der Waals surface area contributed by atoms with Crippen LogP contribution in [-0.4, -0.2) is 35.9 Å². The summed E-state index contributed by atoms with van der Waals surface area (Å²) in [5.41, 5.74) is 2.95. The second-order valence-electron chi connectivity index (χ2n) is 7.18. The predicted octanol–water partition coefficient (Wildman–Crippen LogP) is 4.28. The molecule has 2 aromatic rings. The zero-order chi connectivity index (χ0) is 21.4. The maximum absolute atomic E-state index is 13.0. The molecule has 0 aromatic heterocycles. The van der Waals surface area contributed by atoms with E-state index in [0.717, 1.165) is 23.1 Å². The number of rotatable bonds is 9. The van der Waals surface area contributed by atoms with Gasteiger partial charge in [0.25, 0.3) is 5.91 Å². The van der Waals surface area contributed by atoms with Crippen LogP contribution < -0.4 is 10.1 Å². The minimum absolute atomic E-state index is 0.154. The van der Waals surface area contributed by atoms with Gasteiger partial charge >= 0.3 is 0 Å². The highest BCUT2D eigenvalue weighted by atomic mass is 35.5. The number of halogens is 1. The molecule has 0 saturated carbocycles. The van der Waals surface area contributed by atoms with E-state index in [9.17, 15) is 9.59 Å². The molecule has 5 nitrogen and oxygen atoms in total. The van der Waals surface area contributed by atoms with Crippen molar-refractivity contribution in [3.05, 3.63) is 64.2 Å². The maximum Gasteiger partial charge on any atom is 0.261 e. The van der Waals surface area contributed by atoms with Crippen LogP contribution >= 0.6 is 11.6 Å². The second kappa shape index (κ2) is 10.9. The quantitative estimate of drug-likeness (QED) is 0.663. The Bertz CT molecular complexity index is 854. The molecule has 0 saturated heterocycles. The summed E-state index contributed by atoms with van der Waals surface area (Å²) in [6.07, 6.45) is 0.837. The van der Waals surface area contributed by atoms with Gasteiger partial charge in [0.2, 0.25) is 5.91 Å². The van der Waals surface area contributed by atoms with Gasteiger partial charge in [0, 0.05) is 18.1 Å². The number of nitrogens with one attached hydrogen (secondary N) is 1. The molecule has 6 heteroatoms. The van der Waals surface area contributed by atoms with Crippen LogP contribution in [0.5, 0.6) is 5.75 Å². The number of amides is 2. The molecule has 2 rings (SSSR count). The van der Waals surface area contributed by atoms with Crippen molar-refractivity contribution in [2.24, 2.45) is 0 Å². The van der Waals surface area contributed by atoms with Gasteiger partial charge in [0.05, 0.1) is 0 Å². The van der Waals surface area contributed by atoms with Crippen molar-refractivity contribution >= 4 is 23.4 Å². The van der Waals surface area contributed by atoms with Crippen LogP contribution in [0.2, 0.25) is 5.02 Å². The third-order valence-corrected chi connectivity index (χ3v) is 5.07. The first-order valence-electron chi connectivity index (χ1n) is 9.83. The topological polar surface area (TPSA) is 58.6 Å². The lowest BCUT2D eigenvalue weighted by Gasteiger charge is -2.29. The lowest BCUT2D eigenvalue weighted by Crippen LogP contribution is -2.49. The van der Waals surface area contributed by atoms with Crippen LogP contribution in [0.15, 0.2) is 42.5 Å². The number of carbonyl (C=O) groups excluding carboxylic acids is 2. The third kappa shape index (κ3) is 6.79. The van der Waals surface area contributed by atoms with Crippen molar-refractivity contribution in [1.29, 1.82) is 0 Å². The number of hydrogen-bond acceptors (Lipinski definition) is 3. The van der Waals surface area contributed by atoms with Gasteiger partial charge in [-0.3, -0.25) is 9.59 Å². The van der Waals surface area contributed by atoms with Gasteiger partial charge in [0.1, 0.15) is 11.8 Å². The standard InChI is InChI=1S/C23H29ClN2O3/c1-5-11-25-23(28)18(4)26(14-19-8-6-7-16(2)12-19)22(27)15-29-20-9-10-21(24)17(3)13-20/h6-10,12-13,18H,5,11,14-15H2,1-4H3,(H,25,28)/t18-/m0/s1. The Balaban J connectivity index is 2.14. The average molecular weight is 417 g/mol. The fourth-order valence-electron chi connectivity index (χ4n) is 2.92. The molecule has 0 spiro atoms. The van der Waals surface area contributed by atoms with Crippen molar-refractivity contribution in [1.82, 2.24) is 10.2 Å². The summed E-state index contributed by atoms with van der Waals surface area (Å²) in [5.74, 6) is 0.146. The van der Waals surface area contributed by atoms with Gasteiger partial charge in [-0.1, -0.05) is 48.4 Å². The van der Waals surface area contributed by atoms with Crippen molar-refractivity contribution in [2.75, 3.05) is 13.2 Å². The molecule has 1 N–H and O–H groups in total. The van der Waals surface area contributed by atoms with E-state index in [1.54, 1.807) is 30.0 Å². The van der Waals surface area contributed by atoms with E-state index in [1.165, 1.54) is 0 Å². The number of nitrogens with zero attached hydrogens (tertiary/aromatic N) is 1. The normalized spacial score (nSPS) is 11.6. The fraction of sp³-hybridized carbons (Fsp3) is 0.391. The number of aryl methyl sites for hydroxylation is 2. The number of hydrogen-bond donors (Lipinski definition) is 1. The second-order valence-corrected chi connectivity index (χ2v) is 7.58. The fourth-order valence-corrected chi connectivity index (χ4v) is 3.04. The Morgan fingerprint density at radius 3 is 2.59 bits per heavy atom. The lowest BCUT2D eigenvalue weighted by molar-refractivity contribution is -0.142. The Hall–Kier alpha value is -2.53. The molecular formula is C23H29ClN2O3. The van der Waals surface area contributed by atoms with Gasteiger partial charge in [-0.15, -0.1) is 0 Å². The first-order valence-corrected chi connectivity index (χ1v) is 10.2. The molecule has 0 aliphatic rings.